The molecule has 1 aromatic rings. The van der Waals surface area contributed by atoms with Gasteiger partial charge in [-0.15, -0.1) is 0 Å². The molecule has 0 saturated heterocycles. The SMILES string of the molecule is Nc1nc([N+](=O)[O-])ccc1C(F)(F)F. The molecule has 14 heavy (non-hydrogen) atoms. The molecule has 1 heterocycles. The number of aromatic nitrogens is 1. The first-order chi connectivity index (χ1) is 6.32. The van der Waals surface area contributed by atoms with Crippen molar-refractivity contribution in [3.8, 4) is 0 Å². The van der Waals surface area contributed by atoms with Gasteiger partial charge < -0.3 is 15.8 Å². The van der Waals surface area contributed by atoms with E-state index in [1.165, 1.54) is 0 Å². The Labute approximate surface area is 75.5 Å². The third kappa shape index (κ3) is 1.90. The van der Waals surface area contributed by atoms with Gasteiger partial charge in [0.1, 0.15) is 5.56 Å². The first-order valence-electron chi connectivity index (χ1n) is 3.30. The van der Waals surface area contributed by atoms with Crippen molar-refractivity contribution < 1.29 is 18.1 Å². The average molecular weight is 207 g/mol. The van der Waals surface area contributed by atoms with Gasteiger partial charge in [0.05, 0.1) is 0 Å². The lowest BCUT2D eigenvalue weighted by Crippen LogP contribution is -2.11. The summed E-state index contributed by atoms with van der Waals surface area (Å²) in [7, 11) is 0. The molecule has 2 N–H and O–H groups in total. The van der Waals surface area contributed by atoms with Crippen molar-refractivity contribution in [3.05, 3.63) is 27.8 Å². The molecule has 5 nitrogen and oxygen atoms in total. The van der Waals surface area contributed by atoms with Crippen molar-refractivity contribution in [2.24, 2.45) is 0 Å². The lowest BCUT2D eigenvalue weighted by Gasteiger charge is -2.05. The van der Waals surface area contributed by atoms with E-state index in [-0.39, 0.29) is 0 Å². The molecule has 1 aromatic heterocycles. The largest absolute Gasteiger partial charge is 0.422 e. The summed E-state index contributed by atoms with van der Waals surface area (Å²) in [5.41, 5.74) is 3.73. The zero-order valence-corrected chi connectivity index (χ0v) is 6.58. The van der Waals surface area contributed by atoms with E-state index < -0.39 is 28.3 Å². The molecule has 1 rings (SSSR count). The minimum absolute atomic E-state index is 0.528. The first kappa shape index (κ1) is 10.2. The van der Waals surface area contributed by atoms with Crippen LogP contribution >= 0.6 is 0 Å². The van der Waals surface area contributed by atoms with Crippen molar-refractivity contribution in [2.75, 3.05) is 5.73 Å². The highest BCUT2D eigenvalue weighted by Gasteiger charge is 2.36. The molecule has 0 saturated carbocycles. The summed E-state index contributed by atoms with van der Waals surface area (Å²) >= 11 is 0. The van der Waals surface area contributed by atoms with Gasteiger partial charge in [0, 0.05) is 6.07 Å². The Bertz CT molecular complexity index is 377. The average Bonchev–Trinajstić information content (AvgIpc) is 2.01. The van der Waals surface area contributed by atoms with E-state index in [9.17, 15) is 23.3 Å². The van der Waals surface area contributed by atoms with Crippen LogP contribution in [0.1, 0.15) is 5.56 Å². The Balaban J connectivity index is 3.21. The van der Waals surface area contributed by atoms with Crippen molar-refractivity contribution in [1.29, 1.82) is 0 Å². The van der Waals surface area contributed by atoms with E-state index in [0.717, 1.165) is 0 Å². The number of nitrogen functional groups attached to an aromatic ring is 1. The van der Waals surface area contributed by atoms with Crippen LogP contribution in [0, 0.1) is 10.1 Å². The zero-order chi connectivity index (χ0) is 10.9. The molecule has 0 fully saturated rings. The van der Waals surface area contributed by atoms with E-state index in [4.69, 9.17) is 5.73 Å². The highest BCUT2D eigenvalue weighted by molar-refractivity contribution is 5.45. The molecule has 8 heteroatoms. The summed E-state index contributed by atoms with van der Waals surface area (Å²) in [6.45, 7) is 0. The van der Waals surface area contributed by atoms with E-state index >= 15 is 0 Å². The minimum Gasteiger partial charge on any atom is -0.362 e. The van der Waals surface area contributed by atoms with Gasteiger partial charge >= 0.3 is 12.0 Å². The lowest BCUT2D eigenvalue weighted by molar-refractivity contribution is -0.389. The normalized spacial score (nSPS) is 11.4. The third-order valence-electron chi connectivity index (χ3n) is 1.40. The molecule has 0 aliphatic rings. The number of rotatable bonds is 1. The van der Waals surface area contributed by atoms with Crippen LogP contribution in [0.5, 0.6) is 0 Å². The van der Waals surface area contributed by atoms with Crippen LogP contribution in [0.4, 0.5) is 24.8 Å². The van der Waals surface area contributed by atoms with E-state index in [1.807, 2.05) is 0 Å². The van der Waals surface area contributed by atoms with Crippen LogP contribution in [-0.2, 0) is 6.18 Å². The molecular formula is C6H4F3N3O2. The van der Waals surface area contributed by atoms with Crippen LogP contribution in [0.15, 0.2) is 12.1 Å². The smallest absolute Gasteiger partial charge is 0.362 e. The van der Waals surface area contributed by atoms with Gasteiger partial charge in [-0.2, -0.15) is 13.2 Å². The van der Waals surface area contributed by atoms with Crippen LogP contribution in [0.3, 0.4) is 0 Å². The maximum absolute atomic E-state index is 12.1. The summed E-state index contributed by atoms with van der Waals surface area (Å²) in [5.74, 6) is -1.61. The van der Waals surface area contributed by atoms with Gasteiger partial charge in [0.15, 0.2) is 0 Å². The second-order valence-corrected chi connectivity index (χ2v) is 2.36. The fourth-order valence-electron chi connectivity index (χ4n) is 0.806. The topological polar surface area (TPSA) is 82.0 Å². The second-order valence-electron chi connectivity index (χ2n) is 2.36. The third-order valence-corrected chi connectivity index (χ3v) is 1.40. The Hall–Kier alpha value is -1.86. The first-order valence-corrected chi connectivity index (χ1v) is 3.30. The molecule has 76 valence electrons. The van der Waals surface area contributed by atoms with Crippen molar-refractivity contribution in [1.82, 2.24) is 4.98 Å². The van der Waals surface area contributed by atoms with Crippen molar-refractivity contribution in [2.45, 2.75) is 6.18 Å². The van der Waals surface area contributed by atoms with E-state index in [0.29, 0.717) is 12.1 Å². The Morgan fingerprint density at radius 3 is 2.36 bits per heavy atom. The maximum Gasteiger partial charge on any atom is 0.422 e. The summed E-state index contributed by atoms with van der Waals surface area (Å²) < 4.78 is 36.3. The lowest BCUT2D eigenvalue weighted by atomic mass is 10.2. The molecular weight excluding hydrogens is 203 g/mol. The van der Waals surface area contributed by atoms with E-state index in [1.54, 1.807) is 0 Å². The van der Waals surface area contributed by atoms with Crippen LogP contribution in [0.2, 0.25) is 0 Å². The number of nitrogens with two attached hydrogens (primary N) is 1. The van der Waals surface area contributed by atoms with Crippen molar-refractivity contribution in [3.63, 3.8) is 0 Å². The molecule has 0 radical (unpaired) electrons. The van der Waals surface area contributed by atoms with Gasteiger partial charge in [0.2, 0.25) is 0 Å². The predicted molar refractivity (Wildman–Crippen MR) is 40.3 cm³/mol. The van der Waals surface area contributed by atoms with E-state index in [2.05, 4.69) is 4.98 Å². The quantitative estimate of drug-likeness (QED) is 0.559. The van der Waals surface area contributed by atoms with Crippen LogP contribution < -0.4 is 5.73 Å². The summed E-state index contributed by atoms with van der Waals surface area (Å²) in [6, 6.07) is 1.18. The molecule has 0 amide bonds. The molecule has 0 aliphatic carbocycles. The monoisotopic (exact) mass is 207 g/mol. The molecule has 0 aliphatic heterocycles. The molecule has 0 unspecified atom stereocenters. The zero-order valence-electron chi connectivity index (χ0n) is 6.58. The number of nitrogens with zero attached hydrogens (tertiary/aromatic N) is 2. The fourth-order valence-corrected chi connectivity index (χ4v) is 0.806. The highest BCUT2D eigenvalue weighted by Crippen LogP contribution is 2.33. The number of hydrogen-bond donors (Lipinski definition) is 1. The van der Waals surface area contributed by atoms with Gasteiger partial charge in [-0.3, -0.25) is 0 Å². The standard InChI is InChI=1S/C6H4F3N3O2/c7-6(8,9)3-1-2-4(12(13)14)11-5(3)10/h1-2H,(H2,10,11). The van der Waals surface area contributed by atoms with Gasteiger partial charge in [-0.05, 0) is 16.0 Å². The minimum atomic E-state index is -4.65. The Morgan fingerprint density at radius 1 is 1.43 bits per heavy atom. The van der Waals surface area contributed by atoms with Gasteiger partial charge in [0.25, 0.3) is 5.82 Å². The van der Waals surface area contributed by atoms with Crippen LogP contribution in [-0.4, -0.2) is 9.91 Å². The Kier molecular flexibility index (Phi) is 2.28. The predicted octanol–water partition coefficient (Wildman–Crippen LogP) is 1.59. The fraction of sp³-hybridized carbons (Fsp3) is 0.167. The maximum atomic E-state index is 12.1. The number of anilines is 1. The summed E-state index contributed by atoms with van der Waals surface area (Å²) in [4.78, 5) is 12.2. The molecule has 0 bridgehead atoms. The van der Waals surface area contributed by atoms with Crippen molar-refractivity contribution >= 4 is 11.6 Å². The number of halogens is 3. The summed E-state index contributed by atoms with van der Waals surface area (Å²) in [6.07, 6.45) is -4.65. The number of hydrogen-bond acceptors (Lipinski definition) is 4. The number of nitro groups is 1. The molecule has 0 atom stereocenters. The second kappa shape index (κ2) is 3.13. The molecule has 0 aromatic carbocycles. The Morgan fingerprint density at radius 2 is 2.00 bits per heavy atom. The van der Waals surface area contributed by atoms with Gasteiger partial charge in [-0.1, -0.05) is 0 Å². The van der Waals surface area contributed by atoms with Crippen LogP contribution in [0.25, 0.3) is 0 Å². The molecule has 0 spiro atoms. The summed E-state index contributed by atoms with van der Waals surface area (Å²) in [5, 5.41) is 10.1. The van der Waals surface area contributed by atoms with Gasteiger partial charge in [-0.25, -0.2) is 0 Å². The highest BCUT2D eigenvalue weighted by atomic mass is 19.4. The number of alkyl halides is 3. The number of pyridine rings is 1.